The number of carbonyl (C=O) groups is 1. The third kappa shape index (κ3) is 3.19. The molecule has 0 aliphatic heterocycles. The molecule has 0 aromatic carbocycles. The van der Waals surface area contributed by atoms with E-state index >= 15 is 0 Å². The van der Waals surface area contributed by atoms with Gasteiger partial charge in [-0.15, -0.1) is 5.54 Å². The van der Waals surface area contributed by atoms with Gasteiger partial charge in [0.25, 0.3) is 0 Å². The first-order chi connectivity index (χ1) is 8.84. The predicted octanol–water partition coefficient (Wildman–Crippen LogP) is 4.66. The van der Waals surface area contributed by atoms with Gasteiger partial charge < -0.3 is 4.42 Å². The van der Waals surface area contributed by atoms with Gasteiger partial charge in [-0.25, -0.2) is 0 Å². The van der Waals surface area contributed by atoms with E-state index in [-0.39, 0.29) is 0 Å². The maximum atomic E-state index is 10.6. The van der Waals surface area contributed by atoms with E-state index in [0.29, 0.717) is 28.7 Å². The van der Waals surface area contributed by atoms with Gasteiger partial charge >= 0.3 is 0 Å². The molecule has 0 atom stereocenters. The van der Waals surface area contributed by atoms with Crippen molar-refractivity contribution in [1.82, 2.24) is 0 Å². The molecule has 0 radical (unpaired) electrons. The first-order valence-electron chi connectivity index (χ1n) is 6.91. The molecule has 0 aliphatic carbocycles. The summed E-state index contributed by atoms with van der Waals surface area (Å²) in [6.45, 7) is 13.7. The minimum Gasteiger partial charge on any atom is -0.460 e. The third-order valence-corrected chi connectivity index (χ3v) is 10.3. The number of rotatable bonds is 4. The molecule has 0 saturated carbocycles. The van der Waals surface area contributed by atoms with Gasteiger partial charge in [0.1, 0.15) is 14.3 Å². The molecule has 2 nitrogen and oxygen atoms in total. The SMILES string of the molecule is CC(C)[Si](C#Cc1coc(C=O)c1)(C(C)C)C(C)C. The number of furan rings is 1. The van der Waals surface area contributed by atoms with Gasteiger partial charge in [0.2, 0.25) is 0 Å². The van der Waals surface area contributed by atoms with Crippen LogP contribution in [0, 0.1) is 11.5 Å². The Morgan fingerprint density at radius 2 is 1.63 bits per heavy atom. The number of aldehydes is 1. The lowest BCUT2D eigenvalue weighted by atomic mass is 10.3. The fourth-order valence-corrected chi connectivity index (χ4v) is 8.32. The molecule has 0 unspecified atom stereocenters. The lowest BCUT2D eigenvalue weighted by Crippen LogP contribution is -2.43. The Kier molecular flexibility index (Phi) is 5.19. The highest BCUT2D eigenvalue weighted by molar-refractivity contribution is 6.90. The van der Waals surface area contributed by atoms with E-state index in [1.54, 1.807) is 12.3 Å². The first kappa shape index (κ1) is 15.8. The Hall–Kier alpha value is -1.27. The second kappa shape index (κ2) is 6.25. The van der Waals surface area contributed by atoms with Crippen molar-refractivity contribution in [3.8, 4) is 11.5 Å². The number of carbonyl (C=O) groups excluding carboxylic acids is 1. The minimum absolute atomic E-state index is 0.343. The van der Waals surface area contributed by atoms with Crippen molar-refractivity contribution in [3.63, 3.8) is 0 Å². The molecule has 0 saturated heterocycles. The minimum atomic E-state index is -1.70. The highest BCUT2D eigenvalue weighted by Crippen LogP contribution is 2.40. The quantitative estimate of drug-likeness (QED) is 0.455. The van der Waals surface area contributed by atoms with Crippen LogP contribution in [0.5, 0.6) is 0 Å². The van der Waals surface area contributed by atoms with Gasteiger partial charge in [-0.1, -0.05) is 47.5 Å². The Bertz CT molecular complexity index is 465. The lowest BCUT2D eigenvalue weighted by molar-refractivity contribution is 0.110. The molecular weight excluding hydrogens is 252 g/mol. The van der Waals surface area contributed by atoms with Crippen molar-refractivity contribution in [2.45, 2.75) is 58.2 Å². The maximum absolute atomic E-state index is 10.6. The molecule has 0 aliphatic rings. The Labute approximate surface area is 117 Å². The molecule has 1 aromatic heterocycles. The summed E-state index contributed by atoms with van der Waals surface area (Å²) in [4.78, 5) is 10.6. The lowest BCUT2D eigenvalue weighted by Gasteiger charge is -2.38. The van der Waals surface area contributed by atoms with Crippen molar-refractivity contribution in [3.05, 3.63) is 23.7 Å². The molecular formula is C16H24O2Si. The second-order valence-corrected chi connectivity index (χ2v) is 11.6. The topological polar surface area (TPSA) is 30.2 Å². The summed E-state index contributed by atoms with van der Waals surface area (Å²) in [5, 5.41) is 0. The third-order valence-electron chi connectivity index (χ3n) is 4.03. The van der Waals surface area contributed by atoms with Crippen molar-refractivity contribution < 1.29 is 9.21 Å². The summed E-state index contributed by atoms with van der Waals surface area (Å²) in [6, 6.07) is 1.71. The highest BCUT2D eigenvalue weighted by atomic mass is 28.3. The summed E-state index contributed by atoms with van der Waals surface area (Å²) < 4.78 is 5.11. The zero-order valence-electron chi connectivity index (χ0n) is 12.8. The maximum Gasteiger partial charge on any atom is 0.185 e. The zero-order chi connectivity index (χ0) is 14.6. The largest absolute Gasteiger partial charge is 0.460 e. The van der Waals surface area contributed by atoms with E-state index in [9.17, 15) is 4.79 Å². The molecule has 0 fully saturated rings. The van der Waals surface area contributed by atoms with Crippen LogP contribution in [0.4, 0.5) is 0 Å². The van der Waals surface area contributed by atoms with Crippen molar-refractivity contribution >= 4 is 14.4 Å². The summed E-state index contributed by atoms with van der Waals surface area (Å²) >= 11 is 0. The van der Waals surface area contributed by atoms with Gasteiger partial charge in [0.05, 0.1) is 5.56 Å². The summed E-state index contributed by atoms with van der Waals surface area (Å²) in [5.41, 5.74) is 6.23. The fourth-order valence-electron chi connectivity index (χ4n) is 3.09. The molecule has 0 N–H and O–H groups in total. The summed E-state index contributed by atoms with van der Waals surface area (Å²) in [7, 11) is -1.70. The molecule has 1 heterocycles. The molecule has 0 bridgehead atoms. The van der Waals surface area contributed by atoms with Crippen LogP contribution in [-0.4, -0.2) is 14.4 Å². The van der Waals surface area contributed by atoms with E-state index in [0.717, 1.165) is 5.56 Å². The smallest absolute Gasteiger partial charge is 0.185 e. The van der Waals surface area contributed by atoms with Gasteiger partial charge in [0, 0.05) is 6.07 Å². The Balaban J connectivity index is 3.18. The van der Waals surface area contributed by atoms with Gasteiger partial charge in [-0.2, -0.15) is 0 Å². The molecule has 1 rings (SSSR count). The molecule has 19 heavy (non-hydrogen) atoms. The molecule has 3 heteroatoms. The average molecular weight is 276 g/mol. The average Bonchev–Trinajstić information content (AvgIpc) is 2.76. The molecule has 0 spiro atoms. The monoisotopic (exact) mass is 276 g/mol. The predicted molar refractivity (Wildman–Crippen MR) is 82.0 cm³/mol. The van der Waals surface area contributed by atoms with Gasteiger partial charge in [0.15, 0.2) is 12.0 Å². The summed E-state index contributed by atoms with van der Waals surface area (Å²) in [6.07, 6.45) is 2.28. The van der Waals surface area contributed by atoms with E-state index < -0.39 is 8.07 Å². The van der Waals surface area contributed by atoms with Gasteiger partial charge in [-0.05, 0) is 16.6 Å². The van der Waals surface area contributed by atoms with Crippen molar-refractivity contribution in [1.29, 1.82) is 0 Å². The fraction of sp³-hybridized carbons (Fsp3) is 0.562. The van der Waals surface area contributed by atoms with Crippen LogP contribution in [0.3, 0.4) is 0 Å². The van der Waals surface area contributed by atoms with Crippen LogP contribution >= 0.6 is 0 Å². The molecule has 0 amide bonds. The first-order valence-corrected chi connectivity index (χ1v) is 9.14. The molecule has 1 aromatic rings. The Morgan fingerprint density at radius 1 is 1.11 bits per heavy atom. The Morgan fingerprint density at radius 3 is 2.00 bits per heavy atom. The number of hydrogen-bond donors (Lipinski definition) is 0. The van der Waals surface area contributed by atoms with Crippen LogP contribution in [0.2, 0.25) is 16.6 Å². The van der Waals surface area contributed by atoms with Crippen LogP contribution < -0.4 is 0 Å². The van der Waals surface area contributed by atoms with E-state index in [1.165, 1.54) is 0 Å². The van der Waals surface area contributed by atoms with Gasteiger partial charge in [-0.3, -0.25) is 4.79 Å². The van der Waals surface area contributed by atoms with E-state index in [1.807, 2.05) is 0 Å². The highest BCUT2D eigenvalue weighted by Gasteiger charge is 2.41. The van der Waals surface area contributed by atoms with Crippen LogP contribution in [0.15, 0.2) is 16.7 Å². The van der Waals surface area contributed by atoms with Crippen LogP contribution in [0.25, 0.3) is 0 Å². The summed E-state index contributed by atoms with van der Waals surface area (Å²) in [5.74, 6) is 3.59. The second-order valence-electron chi connectivity index (χ2n) is 6.00. The van der Waals surface area contributed by atoms with E-state index in [4.69, 9.17) is 4.42 Å². The van der Waals surface area contributed by atoms with E-state index in [2.05, 4.69) is 53.0 Å². The normalized spacial score (nSPS) is 11.8. The van der Waals surface area contributed by atoms with Crippen LogP contribution in [-0.2, 0) is 0 Å². The van der Waals surface area contributed by atoms with Crippen molar-refractivity contribution in [2.75, 3.05) is 0 Å². The molecule has 104 valence electrons. The van der Waals surface area contributed by atoms with Crippen LogP contribution in [0.1, 0.15) is 57.7 Å². The standard InChI is InChI=1S/C16H24O2Si/c1-12(2)19(13(3)4,14(5)6)8-7-15-9-16(10-17)18-11-15/h9-14H,1-6H3. The number of hydrogen-bond acceptors (Lipinski definition) is 2. The van der Waals surface area contributed by atoms with Crippen molar-refractivity contribution in [2.24, 2.45) is 0 Å². The zero-order valence-corrected chi connectivity index (χ0v) is 13.8.